The highest BCUT2D eigenvalue weighted by Gasteiger charge is 2.26. The van der Waals surface area contributed by atoms with Crippen LogP contribution in [-0.4, -0.2) is 23.0 Å². The second kappa shape index (κ2) is 4.93. The maximum Gasteiger partial charge on any atom is 0.303 e. The van der Waals surface area contributed by atoms with Crippen molar-refractivity contribution in [1.29, 1.82) is 0 Å². The van der Waals surface area contributed by atoms with Crippen LogP contribution in [0.15, 0.2) is 16.6 Å². The summed E-state index contributed by atoms with van der Waals surface area (Å²) < 4.78 is 13.6. The second-order valence-corrected chi connectivity index (χ2v) is 4.78. The van der Waals surface area contributed by atoms with Gasteiger partial charge in [0.25, 0.3) is 0 Å². The van der Waals surface area contributed by atoms with E-state index in [0.717, 1.165) is 0 Å². The molecule has 0 aromatic heterocycles. The Balaban J connectivity index is 2.19. The van der Waals surface area contributed by atoms with Gasteiger partial charge in [-0.2, -0.15) is 0 Å². The Kier molecular flexibility index (Phi) is 3.51. The van der Waals surface area contributed by atoms with Gasteiger partial charge in [0.05, 0.1) is 15.8 Å². The third kappa shape index (κ3) is 2.61. The van der Waals surface area contributed by atoms with E-state index >= 15 is 0 Å². The van der Waals surface area contributed by atoms with Crippen LogP contribution in [0.2, 0.25) is 0 Å². The molecule has 5 nitrogen and oxygen atoms in total. The maximum atomic E-state index is 13.4. The van der Waals surface area contributed by atoms with Crippen LogP contribution >= 0.6 is 15.9 Å². The van der Waals surface area contributed by atoms with Gasteiger partial charge >= 0.3 is 5.97 Å². The lowest BCUT2D eigenvalue weighted by Crippen LogP contribution is -2.39. The summed E-state index contributed by atoms with van der Waals surface area (Å²) in [6, 6.07) is 2.06. The number of hydrogen-bond donors (Lipinski definition) is 3. The number of carboxylic acids is 1. The number of hydrogen-bond acceptors (Lipinski definition) is 3. The molecule has 18 heavy (non-hydrogen) atoms. The second-order valence-electron chi connectivity index (χ2n) is 3.93. The molecule has 7 heteroatoms. The molecule has 0 radical (unpaired) electrons. The standard InChI is InChI=1S/C11H10BrFN2O3/c12-5-3-8-9(4-6(5)13)14-7(11(18)15-8)1-2-10(16)17/h3-4,7,14H,1-2H2,(H,15,18)(H,16,17). The predicted molar refractivity (Wildman–Crippen MR) is 67.0 cm³/mol. The van der Waals surface area contributed by atoms with Gasteiger partial charge in [-0.3, -0.25) is 9.59 Å². The number of amides is 1. The van der Waals surface area contributed by atoms with Gasteiger partial charge in [-0.25, -0.2) is 4.39 Å². The van der Waals surface area contributed by atoms with Crippen LogP contribution in [0.25, 0.3) is 0 Å². The first kappa shape index (κ1) is 12.8. The van der Waals surface area contributed by atoms with Crippen molar-refractivity contribution < 1.29 is 19.1 Å². The minimum absolute atomic E-state index is 0.126. The highest BCUT2D eigenvalue weighted by molar-refractivity contribution is 9.10. The molecule has 0 saturated heterocycles. The van der Waals surface area contributed by atoms with Gasteiger partial charge in [-0.1, -0.05) is 0 Å². The molecule has 0 saturated carbocycles. The lowest BCUT2D eigenvalue weighted by atomic mass is 10.1. The van der Waals surface area contributed by atoms with E-state index in [1.807, 2.05) is 0 Å². The van der Waals surface area contributed by atoms with E-state index in [9.17, 15) is 14.0 Å². The van der Waals surface area contributed by atoms with E-state index in [2.05, 4.69) is 26.6 Å². The molecular weight excluding hydrogens is 307 g/mol. The van der Waals surface area contributed by atoms with Crippen LogP contribution in [-0.2, 0) is 9.59 Å². The number of benzene rings is 1. The van der Waals surface area contributed by atoms with Crippen molar-refractivity contribution in [3.05, 3.63) is 22.4 Å². The summed E-state index contributed by atoms with van der Waals surface area (Å²) >= 11 is 3.03. The SMILES string of the molecule is O=C(O)CCC1Nc2cc(F)c(Br)cc2NC1=O. The van der Waals surface area contributed by atoms with Crippen LogP contribution in [0.4, 0.5) is 15.8 Å². The molecule has 0 bridgehead atoms. The summed E-state index contributed by atoms with van der Waals surface area (Å²) in [7, 11) is 0. The number of rotatable bonds is 3. The fourth-order valence-corrected chi connectivity index (χ4v) is 2.06. The van der Waals surface area contributed by atoms with Crippen molar-refractivity contribution in [2.24, 2.45) is 0 Å². The Morgan fingerprint density at radius 1 is 1.44 bits per heavy atom. The molecular formula is C11H10BrFN2O3. The van der Waals surface area contributed by atoms with Crippen LogP contribution in [0.5, 0.6) is 0 Å². The van der Waals surface area contributed by atoms with Gasteiger partial charge in [0.1, 0.15) is 11.9 Å². The molecule has 3 N–H and O–H groups in total. The van der Waals surface area contributed by atoms with E-state index in [-0.39, 0.29) is 23.2 Å². The van der Waals surface area contributed by atoms with E-state index in [1.165, 1.54) is 12.1 Å². The Bertz CT molecular complexity index is 521. The summed E-state index contributed by atoms with van der Waals surface area (Å²) in [5, 5.41) is 14.0. The van der Waals surface area contributed by atoms with E-state index < -0.39 is 17.8 Å². The van der Waals surface area contributed by atoms with Crippen molar-refractivity contribution >= 4 is 39.2 Å². The van der Waals surface area contributed by atoms with Gasteiger partial charge in [-0.05, 0) is 28.4 Å². The molecule has 1 unspecified atom stereocenters. The number of nitrogens with one attached hydrogen (secondary N) is 2. The monoisotopic (exact) mass is 316 g/mol. The minimum Gasteiger partial charge on any atom is -0.481 e. The molecule has 0 fully saturated rings. The molecule has 1 amide bonds. The number of carbonyl (C=O) groups excluding carboxylic acids is 1. The Hall–Kier alpha value is -1.63. The fraction of sp³-hybridized carbons (Fsp3) is 0.273. The average molecular weight is 317 g/mol. The van der Waals surface area contributed by atoms with E-state index in [1.54, 1.807) is 0 Å². The molecule has 1 heterocycles. The molecule has 0 aliphatic carbocycles. The topological polar surface area (TPSA) is 78.4 Å². The highest BCUT2D eigenvalue weighted by Crippen LogP contribution is 2.32. The molecule has 1 aliphatic rings. The third-order valence-electron chi connectivity index (χ3n) is 2.61. The van der Waals surface area contributed by atoms with Crippen LogP contribution in [0.3, 0.4) is 0 Å². The quantitative estimate of drug-likeness (QED) is 0.798. The van der Waals surface area contributed by atoms with Crippen molar-refractivity contribution in [2.75, 3.05) is 10.6 Å². The Morgan fingerprint density at radius 2 is 2.17 bits per heavy atom. The summed E-state index contributed by atoms with van der Waals surface area (Å²) in [4.78, 5) is 22.2. The Labute approximate surface area is 111 Å². The maximum absolute atomic E-state index is 13.4. The summed E-state index contributed by atoms with van der Waals surface area (Å²) in [5.74, 6) is -1.74. The average Bonchev–Trinajstić information content (AvgIpc) is 2.29. The zero-order chi connectivity index (χ0) is 13.3. The summed E-state index contributed by atoms with van der Waals surface area (Å²) in [6.07, 6.45) is 0.0255. The molecule has 1 aromatic rings. The third-order valence-corrected chi connectivity index (χ3v) is 3.22. The first-order chi connectivity index (χ1) is 8.47. The van der Waals surface area contributed by atoms with E-state index in [4.69, 9.17) is 5.11 Å². The number of aliphatic carboxylic acids is 1. The minimum atomic E-state index is -0.975. The number of fused-ring (bicyclic) bond motifs is 1. The highest BCUT2D eigenvalue weighted by atomic mass is 79.9. The largest absolute Gasteiger partial charge is 0.481 e. The van der Waals surface area contributed by atoms with Gasteiger partial charge in [-0.15, -0.1) is 0 Å². The van der Waals surface area contributed by atoms with Gasteiger partial charge in [0.15, 0.2) is 0 Å². The van der Waals surface area contributed by atoms with Crippen LogP contribution in [0, 0.1) is 5.82 Å². The number of halogens is 2. The van der Waals surface area contributed by atoms with Crippen molar-refractivity contribution in [1.82, 2.24) is 0 Å². The first-order valence-corrected chi connectivity index (χ1v) is 6.05. The number of anilines is 2. The zero-order valence-electron chi connectivity index (χ0n) is 9.17. The zero-order valence-corrected chi connectivity index (χ0v) is 10.8. The smallest absolute Gasteiger partial charge is 0.303 e. The van der Waals surface area contributed by atoms with Crippen molar-refractivity contribution in [3.63, 3.8) is 0 Å². The van der Waals surface area contributed by atoms with Gasteiger partial charge < -0.3 is 15.7 Å². The molecule has 1 atom stereocenters. The lowest BCUT2D eigenvalue weighted by molar-refractivity contribution is -0.137. The number of carbonyl (C=O) groups is 2. The van der Waals surface area contributed by atoms with Gasteiger partial charge in [0.2, 0.25) is 5.91 Å². The predicted octanol–water partition coefficient (Wildman–Crippen LogP) is 2.19. The van der Waals surface area contributed by atoms with Gasteiger partial charge in [0, 0.05) is 12.5 Å². The van der Waals surface area contributed by atoms with Crippen molar-refractivity contribution in [2.45, 2.75) is 18.9 Å². The fourth-order valence-electron chi connectivity index (χ4n) is 1.71. The lowest BCUT2D eigenvalue weighted by Gasteiger charge is -2.26. The van der Waals surface area contributed by atoms with Crippen LogP contribution in [0.1, 0.15) is 12.8 Å². The molecule has 1 aromatic carbocycles. The van der Waals surface area contributed by atoms with E-state index in [0.29, 0.717) is 11.4 Å². The van der Waals surface area contributed by atoms with Crippen LogP contribution < -0.4 is 10.6 Å². The molecule has 1 aliphatic heterocycles. The molecule has 0 spiro atoms. The number of carboxylic acid groups (broad SMARTS) is 1. The molecule has 2 rings (SSSR count). The summed E-state index contributed by atoms with van der Waals surface area (Å²) in [5.41, 5.74) is 0.922. The Morgan fingerprint density at radius 3 is 2.83 bits per heavy atom. The molecule has 96 valence electrons. The summed E-state index contributed by atoms with van der Waals surface area (Å²) in [6.45, 7) is 0. The first-order valence-electron chi connectivity index (χ1n) is 5.25. The van der Waals surface area contributed by atoms with Crippen molar-refractivity contribution in [3.8, 4) is 0 Å². The normalized spacial score (nSPS) is 17.7.